The minimum atomic E-state index is -5.00. The van der Waals surface area contributed by atoms with Gasteiger partial charge in [0.05, 0.1) is 55.1 Å². The summed E-state index contributed by atoms with van der Waals surface area (Å²) in [5.41, 5.74) is -1.03. The highest BCUT2D eigenvalue weighted by Gasteiger charge is 2.33. The van der Waals surface area contributed by atoms with E-state index in [1.54, 1.807) is 0 Å². The van der Waals surface area contributed by atoms with Gasteiger partial charge in [0.15, 0.2) is 5.96 Å². The first kappa shape index (κ1) is 30.9. The van der Waals surface area contributed by atoms with E-state index in [0.29, 0.717) is 28.7 Å². The van der Waals surface area contributed by atoms with Crippen LogP contribution in [0, 0.1) is 0 Å². The van der Waals surface area contributed by atoms with Gasteiger partial charge >= 0.3 is 18.8 Å². The fourth-order valence-corrected chi connectivity index (χ4v) is 4.11. The van der Waals surface area contributed by atoms with Gasteiger partial charge in [-0.05, 0) is 35.9 Å². The molecule has 4 rings (SSSR count). The summed E-state index contributed by atoms with van der Waals surface area (Å²) in [5.74, 6) is -3.91. The van der Waals surface area contributed by atoms with Gasteiger partial charge in [-0.25, -0.2) is 9.38 Å². The average molecular weight is 615 g/mol. The average Bonchev–Trinajstić information content (AvgIpc) is 3.40. The predicted molar refractivity (Wildman–Crippen MR) is 138 cm³/mol. The number of aliphatic carboxylic acids is 1. The van der Waals surface area contributed by atoms with Crippen molar-refractivity contribution in [2.45, 2.75) is 31.4 Å². The predicted octanol–water partition coefficient (Wildman–Crippen LogP) is 2.95. The lowest BCUT2D eigenvalue weighted by Gasteiger charge is -2.20. The molecule has 6 N–H and O–H groups in total. The van der Waals surface area contributed by atoms with Crippen LogP contribution in [0.1, 0.15) is 33.9 Å². The highest BCUT2D eigenvalue weighted by molar-refractivity contribution is 6.07. The third-order valence-corrected chi connectivity index (χ3v) is 6.02. The number of carbonyl (C=O) groups excluding carboxylic acids is 2. The lowest BCUT2D eigenvalue weighted by atomic mass is 10.00. The van der Waals surface area contributed by atoms with Crippen molar-refractivity contribution >= 4 is 40.3 Å². The van der Waals surface area contributed by atoms with Crippen LogP contribution >= 0.6 is 0 Å². The number of benzene rings is 2. The summed E-state index contributed by atoms with van der Waals surface area (Å²) in [5, 5.41) is 26.7. The number of guanidine groups is 1. The van der Waals surface area contributed by atoms with Crippen molar-refractivity contribution in [3.63, 3.8) is 0 Å². The van der Waals surface area contributed by atoms with Crippen LogP contribution in [0.25, 0.3) is 10.9 Å². The lowest BCUT2D eigenvalue weighted by Crippen LogP contribution is -2.41. The molecule has 1 aromatic heterocycles. The number of nitrogens with one attached hydrogen (secondary N) is 5. The number of hydrogen-bond donors (Lipinski definition) is 6. The Morgan fingerprint density at radius 1 is 1.14 bits per heavy atom. The lowest BCUT2D eigenvalue weighted by molar-refractivity contribution is -0.138. The number of aliphatic imine (C=N–C) groups is 1. The molecule has 2 aromatic carbocycles. The SMILES string of the molecule is O=C(O)C[C@H](NC(=O)CNC(=O)c1cc(NC2=NCC(F)CN2)c2cn[nH]c2c1)c1cc(OC(F)F)cc(C(F)(F)F)c1. The second-order valence-corrected chi connectivity index (χ2v) is 9.22. The summed E-state index contributed by atoms with van der Waals surface area (Å²) in [4.78, 5) is 40.9. The summed E-state index contributed by atoms with van der Waals surface area (Å²) in [7, 11) is 0. The van der Waals surface area contributed by atoms with E-state index in [0.717, 1.165) is 6.07 Å². The largest absolute Gasteiger partial charge is 0.481 e. The molecule has 2 atom stereocenters. The molecule has 0 saturated carbocycles. The number of halogens is 6. The molecule has 0 saturated heterocycles. The topological polar surface area (TPSA) is 170 Å². The Morgan fingerprint density at radius 3 is 2.56 bits per heavy atom. The first-order chi connectivity index (χ1) is 20.3. The van der Waals surface area contributed by atoms with Crippen molar-refractivity contribution in [3.8, 4) is 5.75 Å². The number of rotatable bonds is 10. The van der Waals surface area contributed by atoms with Crippen LogP contribution in [0.2, 0.25) is 0 Å². The van der Waals surface area contributed by atoms with Crippen LogP contribution in [0.5, 0.6) is 5.75 Å². The van der Waals surface area contributed by atoms with Crippen LogP contribution in [0.15, 0.2) is 41.5 Å². The van der Waals surface area contributed by atoms with Gasteiger partial charge in [0.1, 0.15) is 11.9 Å². The normalized spacial score (nSPS) is 15.8. The molecule has 0 radical (unpaired) electrons. The zero-order valence-corrected chi connectivity index (χ0v) is 21.8. The zero-order chi connectivity index (χ0) is 31.3. The number of carbonyl (C=O) groups is 3. The van der Waals surface area contributed by atoms with Gasteiger partial charge in [0.2, 0.25) is 5.91 Å². The Labute approximate surface area is 237 Å². The van der Waals surface area contributed by atoms with E-state index in [4.69, 9.17) is 0 Å². The van der Waals surface area contributed by atoms with Crippen molar-refractivity contribution in [1.29, 1.82) is 0 Å². The summed E-state index contributed by atoms with van der Waals surface area (Å²) in [6.45, 7) is -4.24. The quantitative estimate of drug-likeness (QED) is 0.189. The number of alkyl halides is 6. The number of H-pyrrole nitrogens is 1. The van der Waals surface area contributed by atoms with E-state index in [-0.39, 0.29) is 24.6 Å². The van der Waals surface area contributed by atoms with Gasteiger partial charge in [-0.1, -0.05) is 0 Å². The summed E-state index contributed by atoms with van der Waals surface area (Å²) in [6, 6.07) is 2.80. The van der Waals surface area contributed by atoms with E-state index in [1.807, 2.05) is 0 Å². The van der Waals surface area contributed by atoms with Crippen molar-refractivity contribution < 1.29 is 50.6 Å². The van der Waals surface area contributed by atoms with Crippen molar-refractivity contribution in [2.24, 2.45) is 4.99 Å². The summed E-state index contributed by atoms with van der Waals surface area (Å²) in [6.07, 6.45) is -5.59. The fraction of sp³-hybridized carbons (Fsp3) is 0.320. The smallest absolute Gasteiger partial charge is 0.416 e. The number of fused-ring (bicyclic) bond motifs is 1. The number of carboxylic acid groups (broad SMARTS) is 1. The molecule has 0 bridgehead atoms. The van der Waals surface area contributed by atoms with Gasteiger partial charge < -0.3 is 31.1 Å². The molecule has 230 valence electrons. The molecule has 0 aliphatic carbocycles. The molecular weight excluding hydrogens is 592 g/mol. The number of amides is 2. The minimum absolute atomic E-state index is 0.0274. The summed E-state index contributed by atoms with van der Waals surface area (Å²) < 4.78 is 83.0. The van der Waals surface area contributed by atoms with Gasteiger partial charge in [0, 0.05) is 10.9 Å². The molecule has 12 nitrogen and oxygen atoms in total. The van der Waals surface area contributed by atoms with E-state index in [9.17, 15) is 45.8 Å². The van der Waals surface area contributed by atoms with E-state index in [1.165, 1.54) is 18.3 Å². The Morgan fingerprint density at radius 2 is 1.91 bits per heavy atom. The molecule has 2 heterocycles. The number of hydrogen-bond acceptors (Lipinski definition) is 8. The first-order valence-corrected chi connectivity index (χ1v) is 12.4. The Balaban J connectivity index is 1.49. The van der Waals surface area contributed by atoms with Crippen molar-refractivity contribution in [1.82, 2.24) is 26.1 Å². The Bertz CT molecular complexity index is 1540. The molecule has 43 heavy (non-hydrogen) atoms. The molecule has 2 amide bonds. The molecule has 3 aromatic rings. The molecular formula is C25H23F6N7O5. The number of carboxylic acids is 1. The van der Waals surface area contributed by atoms with Crippen LogP contribution in [-0.4, -0.2) is 71.5 Å². The minimum Gasteiger partial charge on any atom is -0.481 e. The van der Waals surface area contributed by atoms with Crippen LogP contribution in [0.3, 0.4) is 0 Å². The summed E-state index contributed by atoms with van der Waals surface area (Å²) >= 11 is 0. The van der Waals surface area contributed by atoms with Gasteiger partial charge in [0.25, 0.3) is 5.91 Å². The van der Waals surface area contributed by atoms with Gasteiger partial charge in [-0.3, -0.25) is 19.5 Å². The first-order valence-electron chi connectivity index (χ1n) is 12.4. The Hall–Kier alpha value is -5.03. The monoisotopic (exact) mass is 615 g/mol. The third kappa shape index (κ3) is 8.26. The van der Waals surface area contributed by atoms with Gasteiger partial charge in [-0.15, -0.1) is 0 Å². The fourth-order valence-electron chi connectivity index (χ4n) is 4.11. The zero-order valence-electron chi connectivity index (χ0n) is 21.8. The number of anilines is 1. The third-order valence-electron chi connectivity index (χ3n) is 6.02. The second-order valence-electron chi connectivity index (χ2n) is 9.22. The standard InChI is InChI=1S/C25H23F6N7O5/c26-14-7-33-24(34-8-14)37-18-3-12(4-19-16(18)9-35-38-19)22(42)32-10-20(39)36-17(6-21(40)41)11-1-13(25(29,30)31)5-15(2-11)43-23(27)28/h1-5,9,14,17,23H,6-8,10H2,(H,32,42)(H,35,38)(H,36,39)(H,40,41)(H2,33,34,37)/t17-/m0/s1. The van der Waals surface area contributed by atoms with E-state index >= 15 is 0 Å². The number of aromatic amines is 1. The maximum absolute atomic E-state index is 13.4. The second kappa shape index (κ2) is 12.9. The molecule has 0 spiro atoms. The van der Waals surface area contributed by atoms with E-state index in [2.05, 4.69) is 41.2 Å². The molecule has 18 heteroatoms. The highest BCUT2D eigenvalue weighted by atomic mass is 19.4. The van der Waals surface area contributed by atoms with Crippen molar-refractivity contribution in [2.75, 3.05) is 25.0 Å². The maximum atomic E-state index is 13.4. The van der Waals surface area contributed by atoms with Crippen LogP contribution < -0.4 is 26.0 Å². The Kier molecular flexibility index (Phi) is 9.25. The molecule has 1 aliphatic heterocycles. The molecule has 1 unspecified atom stereocenters. The van der Waals surface area contributed by atoms with Crippen molar-refractivity contribution in [3.05, 3.63) is 53.2 Å². The maximum Gasteiger partial charge on any atom is 0.416 e. The number of nitrogens with zero attached hydrogens (tertiary/aromatic N) is 2. The highest BCUT2D eigenvalue weighted by Crippen LogP contribution is 2.35. The van der Waals surface area contributed by atoms with Crippen LogP contribution in [-0.2, 0) is 15.8 Å². The van der Waals surface area contributed by atoms with E-state index < -0.39 is 72.6 Å². The number of ether oxygens (including phenoxy) is 1. The molecule has 1 aliphatic rings. The molecule has 0 fully saturated rings. The van der Waals surface area contributed by atoms with Gasteiger partial charge in [-0.2, -0.15) is 27.1 Å². The number of aromatic nitrogens is 2. The van der Waals surface area contributed by atoms with Crippen LogP contribution in [0.4, 0.5) is 32.0 Å².